The highest BCUT2D eigenvalue weighted by molar-refractivity contribution is 7.13. The van der Waals surface area contributed by atoms with Crippen molar-refractivity contribution in [2.24, 2.45) is 16.1 Å². The second-order valence-electron chi connectivity index (χ2n) is 19.3. The van der Waals surface area contributed by atoms with Crippen molar-refractivity contribution in [2.45, 2.75) is 85.5 Å². The molecule has 0 spiro atoms. The number of carbonyl (C=O) groups is 4. The molecule has 1 aliphatic heterocycles. The number of nitrogens with zero attached hydrogens (tertiary/aromatic N) is 2. The summed E-state index contributed by atoms with van der Waals surface area (Å²) >= 11 is 1.59. The van der Waals surface area contributed by atoms with E-state index in [1.807, 2.05) is 39.8 Å². The lowest BCUT2D eigenvalue weighted by molar-refractivity contribution is -0.181. The van der Waals surface area contributed by atoms with Gasteiger partial charge in [0.1, 0.15) is 5.84 Å². The van der Waals surface area contributed by atoms with E-state index < -0.39 is 41.4 Å². The van der Waals surface area contributed by atoms with E-state index in [4.69, 9.17) is 57.9 Å². The van der Waals surface area contributed by atoms with Crippen LogP contribution in [0.1, 0.15) is 88.8 Å². The molecule has 3 rings (SSSR count). The van der Waals surface area contributed by atoms with Gasteiger partial charge in [-0.05, 0) is 43.2 Å². The number of esters is 1. The van der Waals surface area contributed by atoms with Gasteiger partial charge in [0.05, 0.1) is 156 Å². The first-order chi connectivity index (χ1) is 39.1. The Morgan fingerprint density at radius 1 is 0.617 bits per heavy atom. The molecule has 0 bridgehead atoms. The Morgan fingerprint density at radius 2 is 1.09 bits per heavy atom. The van der Waals surface area contributed by atoms with Crippen LogP contribution in [-0.2, 0) is 77.8 Å². The van der Waals surface area contributed by atoms with Crippen molar-refractivity contribution in [1.29, 1.82) is 0 Å². The number of nitrogens with two attached hydrogens (primary N) is 1. The van der Waals surface area contributed by atoms with Crippen LogP contribution in [0.3, 0.4) is 0 Å². The summed E-state index contributed by atoms with van der Waals surface area (Å²) in [6.45, 7) is 16.1. The molecule has 2 heterocycles. The molecule has 4 N–H and O–H groups in total. The van der Waals surface area contributed by atoms with Crippen molar-refractivity contribution in [3.05, 3.63) is 50.7 Å². The Bertz CT molecular complexity index is 2160. The molecule has 0 aliphatic carbocycles. The summed E-state index contributed by atoms with van der Waals surface area (Å²) in [5.74, 6) is -9.56. The van der Waals surface area contributed by atoms with Crippen LogP contribution in [0.15, 0.2) is 22.7 Å². The Morgan fingerprint density at radius 3 is 1.57 bits per heavy atom. The average Bonchev–Trinajstić information content (AvgIpc) is 3.75. The first kappa shape index (κ1) is 70.6. The summed E-state index contributed by atoms with van der Waals surface area (Å²) < 4.78 is 112. The fourth-order valence-electron chi connectivity index (χ4n) is 7.10. The van der Waals surface area contributed by atoms with Crippen molar-refractivity contribution in [2.75, 3.05) is 158 Å². The summed E-state index contributed by atoms with van der Waals surface area (Å²) in [6, 6.07) is 2.04. The quantitative estimate of drug-likeness (QED) is 0.0167. The van der Waals surface area contributed by atoms with E-state index in [0.717, 1.165) is 41.1 Å². The number of hydroxylamine groups is 2. The predicted octanol–water partition coefficient (Wildman–Crippen LogP) is 6.18. The van der Waals surface area contributed by atoms with Crippen molar-refractivity contribution < 1.29 is 93.7 Å². The number of hydrogen-bond donors (Lipinski definition) is 3. The lowest BCUT2D eigenvalue weighted by Crippen LogP contribution is -2.37. The summed E-state index contributed by atoms with van der Waals surface area (Å²) in [4.78, 5) is 62.2. The van der Waals surface area contributed by atoms with Crippen LogP contribution in [0.5, 0.6) is 5.75 Å². The molecular weight excluding hydrogens is 1090 g/mol. The van der Waals surface area contributed by atoms with E-state index in [0.29, 0.717) is 150 Å². The molecule has 1 aromatic carbocycles. The topological polar surface area (TPSA) is 245 Å². The molecule has 21 nitrogen and oxygen atoms in total. The van der Waals surface area contributed by atoms with Crippen LogP contribution >= 0.6 is 11.3 Å². The van der Waals surface area contributed by atoms with Gasteiger partial charge in [0.2, 0.25) is 29.2 Å². The number of amides is 3. The molecule has 2 aromatic rings. The molecule has 0 radical (unpaired) electrons. The maximum Gasteiger partial charge on any atom is 0.313 e. The fraction of sp³-hybridized carbons (Fsp3) is 0.691. The highest BCUT2D eigenvalue weighted by Crippen LogP contribution is 2.36. The summed E-state index contributed by atoms with van der Waals surface area (Å²) in [5, 5.41) is 7.15. The lowest BCUT2D eigenvalue weighted by atomic mass is 9.92. The van der Waals surface area contributed by atoms with Gasteiger partial charge in [-0.1, -0.05) is 34.1 Å². The molecule has 26 heteroatoms. The molecule has 3 amide bonds. The van der Waals surface area contributed by atoms with Crippen molar-refractivity contribution >= 4 is 52.6 Å². The number of carbonyl (C=O) groups excluding carboxylic acids is 4. The van der Waals surface area contributed by atoms with E-state index in [1.165, 1.54) is 5.06 Å². The third-order valence-electron chi connectivity index (χ3n) is 11.0. The number of nitrogens with one attached hydrogen (secondary N) is 2. The van der Waals surface area contributed by atoms with Crippen LogP contribution < -0.4 is 21.1 Å². The number of unbranched alkanes of at least 4 members (excludes halogenated alkanes) is 2. The molecular formula is C55H85F4N5O16S. The average molecular weight is 1180 g/mol. The number of aliphatic imine (C=N–C) groups is 1. The number of halogens is 4. The van der Waals surface area contributed by atoms with Crippen LogP contribution in [0.2, 0.25) is 0 Å². The zero-order chi connectivity index (χ0) is 58.9. The van der Waals surface area contributed by atoms with Gasteiger partial charge in [0, 0.05) is 55.4 Å². The predicted molar refractivity (Wildman–Crippen MR) is 293 cm³/mol. The summed E-state index contributed by atoms with van der Waals surface area (Å²) in [6.07, 6.45) is 6.59. The van der Waals surface area contributed by atoms with Gasteiger partial charge < -0.3 is 68.5 Å². The molecule has 0 fully saturated rings. The molecule has 0 saturated carbocycles. The minimum atomic E-state index is -1.80. The largest absolute Gasteiger partial charge is 0.420 e. The Balaban J connectivity index is 1.02. The number of aryl methyl sites for hydroxylation is 1. The van der Waals surface area contributed by atoms with Gasteiger partial charge in [-0.15, -0.1) is 11.3 Å². The second-order valence-corrected chi connectivity index (χ2v) is 20.5. The zero-order valence-electron chi connectivity index (χ0n) is 47.5. The normalized spacial score (nSPS) is 12.4. The first-order valence-corrected chi connectivity index (χ1v) is 28.3. The van der Waals surface area contributed by atoms with Crippen LogP contribution in [0.25, 0.3) is 6.08 Å². The number of fused-ring (bicyclic) bond motifs is 1. The number of thiophene rings is 1. The maximum atomic E-state index is 13.6. The first-order valence-electron chi connectivity index (χ1n) is 27.5. The molecule has 460 valence electrons. The molecule has 0 atom stereocenters. The van der Waals surface area contributed by atoms with Gasteiger partial charge in [0.15, 0.2) is 11.6 Å². The van der Waals surface area contributed by atoms with Crippen molar-refractivity contribution in [3.8, 4) is 5.75 Å². The van der Waals surface area contributed by atoms with E-state index in [9.17, 15) is 36.7 Å². The summed E-state index contributed by atoms with van der Waals surface area (Å²) in [7, 11) is 0. The second kappa shape index (κ2) is 43.0. The maximum absolute atomic E-state index is 13.6. The Kier molecular flexibility index (Phi) is 37.5. The van der Waals surface area contributed by atoms with E-state index in [-0.39, 0.29) is 75.1 Å². The Labute approximate surface area is 477 Å². The van der Waals surface area contributed by atoms with Gasteiger partial charge in [0.25, 0.3) is 5.91 Å². The highest BCUT2D eigenvalue weighted by Gasteiger charge is 2.25. The SMILES string of the molecule is CCCN(OCCNC(=O)CC(C)(C)C)C(=O)C1=Cc2sc(CCCCCNC(=O)CCOCCOCCOCCOCCOCCOCCOCCOCCOCCOCCC(=O)Oc3c(F)c(F)cc(F)c3F)cc2N=C(N)C1. The van der Waals surface area contributed by atoms with Crippen molar-refractivity contribution in [1.82, 2.24) is 15.7 Å². The molecule has 0 unspecified atom stereocenters. The lowest BCUT2D eigenvalue weighted by Gasteiger charge is -2.23. The van der Waals surface area contributed by atoms with E-state index in [2.05, 4.69) is 20.4 Å². The van der Waals surface area contributed by atoms with E-state index in [1.54, 1.807) is 11.3 Å². The van der Waals surface area contributed by atoms with Crippen LogP contribution in [0.4, 0.5) is 23.2 Å². The van der Waals surface area contributed by atoms with Crippen molar-refractivity contribution in [3.63, 3.8) is 0 Å². The number of ether oxygens (including phenoxy) is 11. The smallest absolute Gasteiger partial charge is 0.313 e. The van der Waals surface area contributed by atoms with Gasteiger partial charge in [-0.3, -0.25) is 24.0 Å². The third-order valence-corrected chi connectivity index (χ3v) is 12.1. The zero-order valence-corrected chi connectivity index (χ0v) is 48.3. The molecule has 1 aromatic heterocycles. The number of benzene rings is 1. The molecule has 0 saturated heterocycles. The molecule has 81 heavy (non-hydrogen) atoms. The number of amidine groups is 1. The summed E-state index contributed by atoms with van der Waals surface area (Å²) in [5.41, 5.74) is 7.39. The minimum Gasteiger partial charge on any atom is -0.420 e. The third kappa shape index (κ3) is 33.2. The van der Waals surface area contributed by atoms with Crippen LogP contribution in [0, 0.1) is 28.7 Å². The highest BCUT2D eigenvalue weighted by atomic mass is 32.1. The minimum absolute atomic E-state index is 0.0144. The van der Waals surface area contributed by atoms with E-state index >= 15 is 0 Å². The van der Waals surface area contributed by atoms with Crippen LogP contribution in [-0.4, -0.2) is 193 Å². The van der Waals surface area contributed by atoms with Gasteiger partial charge in [-0.2, -0.15) is 8.78 Å². The Hall–Kier alpha value is -4.71. The fourth-order valence-corrected chi connectivity index (χ4v) is 8.21. The monoisotopic (exact) mass is 1180 g/mol. The number of hydrogen-bond acceptors (Lipinski definition) is 19. The molecule has 1 aliphatic rings. The van der Waals surface area contributed by atoms with Gasteiger partial charge >= 0.3 is 5.97 Å². The number of rotatable bonds is 48. The van der Waals surface area contributed by atoms with Gasteiger partial charge in [-0.25, -0.2) is 18.8 Å². The standard InChI is InChI=1S/C55H85F4N5O16S/c1-5-14-64(79-17-13-62-49(66)40-55(2,3)4)54(68)41-36-46-45(63-47(60)37-41)38-42(81-46)9-7-6-8-12-61-48(65)10-15-69-18-20-71-22-24-73-26-28-75-30-32-77-34-35-78-33-31-76-29-27-74-25-23-72-21-19-70-16-11-50(67)80-53-51(58)43(56)39-44(57)52(53)59/h36,38-39H,5-35,37,40H2,1-4H3,(H2,60,63)(H,61,65)(H,62,66).